The van der Waals surface area contributed by atoms with E-state index < -0.39 is 0 Å². The summed E-state index contributed by atoms with van der Waals surface area (Å²) >= 11 is 1.63. The van der Waals surface area contributed by atoms with Crippen LogP contribution in [-0.4, -0.2) is 23.9 Å². The molecular weight excluding hydrogens is 218 g/mol. The molecule has 1 aliphatic heterocycles. The van der Waals surface area contributed by atoms with Gasteiger partial charge < -0.3 is 4.90 Å². The van der Waals surface area contributed by atoms with Gasteiger partial charge in [0.1, 0.15) is 0 Å². The van der Waals surface area contributed by atoms with Crippen molar-refractivity contribution in [3.05, 3.63) is 21.4 Å². The number of rotatable bonds is 1. The molecule has 2 heterocycles. The van der Waals surface area contributed by atoms with Gasteiger partial charge in [0, 0.05) is 18.0 Å². The van der Waals surface area contributed by atoms with Gasteiger partial charge in [0.25, 0.3) is 5.91 Å². The van der Waals surface area contributed by atoms with Crippen LogP contribution >= 0.6 is 11.3 Å². The van der Waals surface area contributed by atoms with Crippen molar-refractivity contribution >= 4 is 17.2 Å². The Hall–Kier alpha value is -0.830. The Labute approximate surface area is 101 Å². The lowest BCUT2D eigenvalue weighted by Crippen LogP contribution is -2.37. The number of piperidine rings is 1. The smallest absolute Gasteiger partial charge is 0.263 e. The molecule has 0 unspecified atom stereocenters. The van der Waals surface area contributed by atoms with Crippen molar-refractivity contribution in [2.75, 3.05) is 13.1 Å². The zero-order chi connectivity index (χ0) is 11.7. The van der Waals surface area contributed by atoms with E-state index in [1.807, 2.05) is 11.0 Å². The molecule has 1 aromatic rings. The summed E-state index contributed by atoms with van der Waals surface area (Å²) < 4.78 is 0. The molecule has 0 saturated carbocycles. The Kier molecular flexibility index (Phi) is 3.33. The third-order valence-electron chi connectivity index (χ3n) is 3.45. The van der Waals surface area contributed by atoms with Crippen LogP contribution in [0.1, 0.15) is 39.9 Å². The number of carbonyl (C=O) groups excluding carboxylic acids is 1. The highest BCUT2D eigenvalue weighted by Gasteiger charge is 2.22. The fourth-order valence-electron chi connectivity index (χ4n) is 2.05. The van der Waals surface area contributed by atoms with E-state index in [1.165, 1.54) is 10.4 Å². The number of nitrogens with zero attached hydrogens (tertiary/aromatic N) is 1. The van der Waals surface area contributed by atoms with Crippen molar-refractivity contribution in [3.63, 3.8) is 0 Å². The van der Waals surface area contributed by atoms with E-state index in [2.05, 4.69) is 20.8 Å². The Bertz CT molecular complexity index is 369. The van der Waals surface area contributed by atoms with Gasteiger partial charge in [-0.3, -0.25) is 4.79 Å². The lowest BCUT2D eigenvalue weighted by atomic mass is 9.99. The van der Waals surface area contributed by atoms with E-state index >= 15 is 0 Å². The van der Waals surface area contributed by atoms with Gasteiger partial charge in [0.05, 0.1) is 4.88 Å². The highest BCUT2D eigenvalue weighted by molar-refractivity contribution is 7.14. The Morgan fingerprint density at radius 1 is 1.38 bits per heavy atom. The van der Waals surface area contributed by atoms with Crippen molar-refractivity contribution in [1.29, 1.82) is 0 Å². The molecule has 0 bridgehead atoms. The largest absolute Gasteiger partial charge is 0.338 e. The van der Waals surface area contributed by atoms with Gasteiger partial charge in [-0.2, -0.15) is 0 Å². The van der Waals surface area contributed by atoms with Crippen molar-refractivity contribution in [2.24, 2.45) is 5.92 Å². The standard InChI is InChI=1S/C13H19NOS/c1-9-4-6-14(7-5-9)13(15)12-8-10(2)11(3)16-12/h8-9H,4-7H2,1-3H3. The molecule has 0 N–H and O–H groups in total. The van der Waals surface area contributed by atoms with E-state index in [4.69, 9.17) is 0 Å². The fourth-order valence-corrected chi connectivity index (χ4v) is 3.05. The Balaban J connectivity index is 2.07. The van der Waals surface area contributed by atoms with Crippen LogP contribution in [0.4, 0.5) is 0 Å². The number of thiophene rings is 1. The van der Waals surface area contributed by atoms with Crippen LogP contribution in [0.3, 0.4) is 0 Å². The second-order valence-corrected chi connectivity index (χ2v) is 6.08. The average molecular weight is 237 g/mol. The SMILES string of the molecule is Cc1cc(C(=O)N2CCC(C)CC2)sc1C. The minimum atomic E-state index is 0.230. The molecule has 1 fully saturated rings. The monoisotopic (exact) mass is 237 g/mol. The second kappa shape index (κ2) is 4.58. The van der Waals surface area contributed by atoms with Gasteiger partial charge in [0.2, 0.25) is 0 Å². The molecule has 1 aliphatic rings. The zero-order valence-corrected chi connectivity index (χ0v) is 11.1. The molecule has 1 saturated heterocycles. The molecule has 1 amide bonds. The Morgan fingerprint density at radius 3 is 2.50 bits per heavy atom. The summed E-state index contributed by atoms with van der Waals surface area (Å²) in [5.41, 5.74) is 1.23. The van der Waals surface area contributed by atoms with E-state index in [1.54, 1.807) is 11.3 Å². The Morgan fingerprint density at radius 2 is 2.00 bits per heavy atom. The van der Waals surface area contributed by atoms with E-state index in [0.29, 0.717) is 0 Å². The van der Waals surface area contributed by atoms with Gasteiger partial charge >= 0.3 is 0 Å². The summed E-state index contributed by atoms with van der Waals surface area (Å²) in [6, 6.07) is 2.03. The third kappa shape index (κ3) is 2.29. The fraction of sp³-hybridized carbons (Fsp3) is 0.615. The third-order valence-corrected chi connectivity index (χ3v) is 4.59. The summed E-state index contributed by atoms with van der Waals surface area (Å²) in [5.74, 6) is 1.00. The van der Waals surface area contributed by atoms with Crippen LogP contribution in [-0.2, 0) is 0 Å². The number of likely N-dealkylation sites (tertiary alicyclic amines) is 1. The van der Waals surface area contributed by atoms with Crippen molar-refractivity contribution in [3.8, 4) is 0 Å². The summed E-state index contributed by atoms with van der Waals surface area (Å²) in [7, 11) is 0. The molecule has 0 radical (unpaired) electrons. The normalized spacial score (nSPS) is 17.8. The van der Waals surface area contributed by atoms with E-state index in [-0.39, 0.29) is 5.91 Å². The quantitative estimate of drug-likeness (QED) is 0.734. The number of carbonyl (C=O) groups is 1. The van der Waals surface area contributed by atoms with Gasteiger partial charge in [-0.15, -0.1) is 11.3 Å². The number of aryl methyl sites for hydroxylation is 2. The highest BCUT2D eigenvalue weighted by atomic mass is 32.1. The predicted octanol–water partition coefficient (Wildman–Crippen LogP) is 3.24. The molecular formula is C13H19NOS. The minimum absolute atomic E-state index is 0.230. The summed E-state index contributed by atoms with van der Waals surface area (Å²) in [5, 5.41) is 0. The van der Waals surface area contributed by atoms with Crippen LogP contribution < -0.4 is 0 Å². The van der Waals surface area contributed by atoms with Gasteiger partial charge in [-0.1, -0.05) is 6.92 Å². The molecule has 2 nitrogen and oxygen atoms in total. The van der Waals surface area contributed by atoms with Crippen LogP contribution in [0.2, 0.25) is 0 Å². The maximum absolute atomic E-state index is 12.2. The molecule has 16 heavy (non-hydrogen) atoms. The van der Waals surface area contributed by atoms with Crippen molar-refractivity contribution < 1.29 is 4.79 Å². The summed E-state index contributed by atoms with van der Waals surface area (Å²) in [6.45, 7) is 8.27. The topological polar surface area (TPSA) is 20.3 Å². The average Bonchev–Trinajstić information content (AvgIpc) is 2.59. The van der Waals surface area contributed by atoms with Crippen LogP contribution in [0.5, 0.6) is 0 Å². The maximum Gasteiger partial charge on any atom is 0.263 e. The predicted molar refractivity (Wildman–Crippen MR) is 68.1 cm³/mol. The lowest BCUT2D eigenvalue weighted by Gasteiger charge is -2.29. The van der Waals surface area contributed by atoms with Gasteiger partial charge in [-0.25, -0.2) is 0 Å². The van der Waals surface area contributed by atoms with Crippen LogP contribution in [0, 0.1) is 19.8 Å². The molecule has 3 heteroatoms. The van der Waals surface area contributed by atoms with Gasteiger partial charge in [-0.05, 0) is 44.2 Å². The molecule has 88 valence electrons. The number of amides is 1. The van der Waals surface area contributed by atoms with Crippen LogP contribution in [0.25, 0.3) is 0 Å². The number of hydrogen-bond donors (Lipinski definition) is 0. The summed E-state index contributed by atoms with van der Waals surface area (Å²) in [4.78, 5) is 16.4. The first-order valence-electron chi connectivity index (χ1n) is 5.94. The molecule has 1 aromatic heterocycles. The molecule has 0 aromatic carbocycles. The van der Waals surface area contributed by atoms with Crippen molar-refractivity contribution in [2.45, 2.75) is 33.6 Å². The summed E-state index contributed by atoms with van der Waals surface area (Å²) in [6.07, 6.45) is 2.30. The maximum atomic E-state index is 12.2. The molecule has 2 rings (SSSR count). The van der Waals surface area contributed by atoms with E-state index in [0.717, 1.165) is 36.7 Å². The van der Waals surface area contributed by atoms with E-state index in [9.17, 15) is 4.79 Å². The molecule has 0 spiro atoms. The van der Waals surface area contributed by atoms with Crippen molar-refractivity contribution in [1.82, 2.24) is 4.90 Å². The molecule has 0 atom stereocenters. The minimum Gasteiger partial charge on any atom is -0.338 e. The van der Waals surface area contributed by atoms with Gasteiger partial charge in [0.15, 0.2) is 0 Å². The zero-order valence-electron chi connectivity index (χ0n) is 10.2. The van der Waals surface area contributed by atoms with Crippen LogP contribution in [0.15, 0.2) is 6.07 Å². The molecule has 0 aliphatic carbocycles. The lowest BCUT2D eigenvalue weighted by molar-refractivity contribution is 0.0702. The first-order chi connectivity index (χ1) is 7.58. The highest BCUT2D eigenvalue weighted by Crippen LogP contribution is 2.24. The number of hydrogen-bond acceptors (Lipinski definition) is 2. The first-order valence-corrected chi connectivity index (χ1v) is 6.76. The first kappa shape index (κ1) is 11.6. The second-order valence-electron chi connectivity index (χ2n) is 4.82.